The summed E-state index contributed by atoms with van der Waals surface area (Å²) < 4.78 is 18.3. The predicted molar refractivity (Wildman–Crippen MR) is 75.5 cm³/mol. The lowest BCUT2D eigenvalue weighted by Crippen LogP contribution is -2.43. The fourth-order valence-electron chi connectivity index (χ4n) is 3.23. The van der Waals surface area contributed by atoms with Gasteiger partial charge in [-0.05, 0) is 31.4 Å². The lowest BCUT2D eigenvalue weighted by molar-refractivity contribution is 0.0896. The monoisotopic (exact) mass is 302 g/mol. The minimum absolute atomic E-state index is 0.00361. The van der Waals surface area contributed by atoms with E-state index in [4.69, 9.17) is 4.42 Å². The van der Waals surface area contributed by atoms with Gasteiger partial charge in [0.1, 0.15) is 11.5 Å². The second-order valence-corrected chi connectivity index (χ2v) is 5.75. The molecule has 2 N–H and O–H groups in total. The van der Waals surface area contributed by atoms with E-state index >= 15 is 0 Å². The summed E-state index contributed by atoms with van der Waals surface area (Å²) in [6.45, 7) is 0. The molecule has 114 valence electrons. The zero-order valence-corrected chi connectivity index (χ0v) is 11.8. The number of hydrogen-bond donors (Lipinski definition) is 2. The Morgan fingerprint density at radius 2 is 2.23 bits per heavy atom. The molecule has 0 saturated carbocycles. The molecule has 2 aromatic heterocycles. The fourth-order valence-corrected chi connectivity index (χ4v) is 3.23. The Labute approximate surface area is 126 Å². The third-order valence-electron chi connectivity index (χ3n) is 4.30. The molecule has 0 unspecified atom stereocenters. The smallest absolute Gasteiger partial charge is 0.307 e. The zero-order valence-electron chi connectivity index (χ0n) is 11.8. The number of nitrogens with one attached hydrogen (secondary N) is 2. The molecule has 7 heteroatoms. The molecular weight excluding hydrogens is 287 g/mol. The molecule has 22 heavy (non-hydrogen) atoms. The van der Waals surface area contributed by atoms with Crippen LogP contribution in [0.3, 0.4) is 0 Å². The van der Waals surface area contributed by atoms with E-state index in [1.165, 1.54) is 24.8 Å². The van der Waals surface area contributed by atoms with E-state index in [0.29, 0.717) is 23.5 Å². The summed E-state index contributed by atoms with van der Waals surface area (Å²) in [6.07, 6.45) is 5.73. The quantitative estimate of drug-likeness (QED) is 0.898. The molecule has 0 spiro atoms. The van der Waals surface area contributed by atoms with Gasteiger partial charge in [-0.15, -0.1) is 0 Å². The van der Waals surface area contributed by atoms with Crippen LogP contribution in [0.15, 0.2) is 28.9 Å². The van der Waals surface area contributed by atoms with Crippen molar-refractivity contribution in [3.8, 4) is 11.5 Å². The van der Waals surface area contributed by atoms with Crippen LogP contribution in [0.5, 0.6) is 0 Å². The average molecular weight is 302 g/mol. The first kappa shape index (κ1) is 13.4. The van der Waals surface area contributed by atoms with Crippen molar-refractivity contribution in [1.29, 1.82) is 0 Å². The van der Waals surface area contributed by atoms with Gasteiger partial charge in [0, 0.05) is 18.1 Å². The molecule has 2 fully saturated rings. The molecule has 0 aliphatic carbocycles. The topological polar surface area (TPSA) is 80.0 Å². The second kappa shape index (κ2) is 5.17. The van der Waals surface area contributed by atoms with Crippen LogP contribution in [0.25, 0.3) is 11.5 Å². The van der Waals surface area contributed by atoms with Crippen LogP contribution in [0, 0.1) is 5.82 Å². The number of aromatic nitrogens is 2. The number of hydrogen-bond acceptors (Lipinski definition) is 5. The summed E-state index contributed by atoms with van der Waals surface area (Å²) in [6, 6.07) is 3.76. The lowest BCUT2D eigenvalue weighted by atomic mass is 9.95. The number of amides is 1. The van der Waals surface area contributed by atoms with Gasteiger partial charge in [-0.25, -0.2) is 14.4 Å². The predicted octanol–water partition coefficient (Wildman–Crippen LogP) is 1.50. The van der Waals surface area contributed by atoms with Crippen molar-refractivity contribution in [3.63, 3.8) is 0 Å². The molecule has 2 bridgehead atoms. The molecule has 4 rings (SSSR count). The molecule has 3 atom stereocenters. The average Bonchev–Trinajstić information content (AvgIpc) is 3.24. The Morgan fingerprint density at radius 3 is 2.91 bits per heavy atom. The summed E-state index contributed by atoms with van der Waals surface area (Å²) in [5.41, 5.74) is 0.439. The molecule has 0 radical (unpaired) electrons. The number of nitrogens with zero attached hydrogens (tertiary/aromatic N) is 2. The van der Waals surface area contributed by atoms with Crippen LogP contribution in [0.2, 0.25) is 0 Å². The Morgan fingerprint density at radius 1 is 1.32 bits per heavy atom. The Kier molecular flexibility index (Phi) is 3.15. The largest absolute Gasteiger partial charge is 0.431 e. The van der Waals surface area contributed by atoms with Gasteiger partial charge < -0.3 is 15.1 Å². The summed E-state index contributed by atoms with van der Waals surface area (Å²) in [5, 5.41) is 6.42. The van der Waals surface area contributed by atoms with Gasteiger partial charge >= 0.3 is 5.91 Å². The summed E-state index contributed by atoms with van der Waals surface area (Å²) in [7, 11) is 0. The number of rotatable bonds is 3. The summed E-state index contributed by atoms with van der Waals surface area (Å²) in [5.74, 6) is -0.405. The van der Waals surface area contributed by atoms with Gasteiger partial charge in [-0.1, -0.05) is 0 Å². The van der Waals surface area contributed by atoms with E-state index in [0.717, 1.165) is 19.0 Å². The Balaban J connectivity index is 1.46. The van der Waals surface area contributed by atoms with Crippen molar-refractivity contribution in [1.82, 2.24) is 20.6 Å². The Hall–Kier alpha value is -2.28. The molecule has 2 saturated heterocycles. The van der Waals surface area contributed by atoms with Crippen LogP contribution in [-0.4, -0.2) is 34.0 Å². The van der Waals surface area contributed by atoms with Gasteiger partial charge in [0.15, 0.2) is 5.76 Å². The van der Waals surface area contributed by atoms with Gasteiger partial charge in [0.25, 0.3) is 5.89 Å². The van der Waals surface area contributed by atoms with Crippen LogP contribution >= 0.6 is 0 Å². The van der Waals surface area contributed by atoms with Gasteiger partial charge in [0.05, 0.1) is 12.4 Å². The molecule has 2 aliphatic heterocycles. The molecule has 1 amide bonds. The van der Waals surface area contributed by atoms with Crippen molar-refractivity contribution >= 4 is 5.91 Å². The maximum absolute atomic E-state index is 12.9. The van der Waals surface area contributed by atoms with Crippen LogP contribution < -0.4 is 10.6 Å². The van der Waals surface area contributed by atoms with E-state index < -0.39 is 5.82 Å². The number of pyridine rings is 1. The third-order valence-corrected chi connectivity index (χ3v) is 4.30. The minimum atomic E-state index is -0.426. The minimum Gasteiger partial charge on any atom is -0.431 e. The highest BCUT2D eigenvalue weighted by molar-refractivity contribution is 5.90. The fraction of sp³-hybridized carbons (Fsp3) is 0.400. The molecular formula is C15H15FN4O2. The van der Waals surface area contributed by atoms with Crippen molar-refractivity contribution in [2.45, 2.75) is 37.4 Å². The molecule has 2 aromatic rings. The number of fused-ring (bicyclic) bond motifs is 2. The van der Waals surface area contributed by atoms with Crippen molar-refractivity contribution in [3.05, 3.63) is 36.2 Å². The van der Waals surface area contributed by atoms with Crippen molar-refractivity contribution in [2.24, 2.45) is 0 Å². The number of carbonyl (C=O) groups is 1. The van der Waals surface area contributed by atoms with Crippen LogP contribution in [-0.2, 0) is 0 Å². The Bertz CT molecular complexity index is 700. The normalized spacial score (nSPS) is 26.3. The number of halogens is 1. The highest BCUT2D eigenvalue weighted by Gasteiger charge is 2.40. The first-order valence-electron chi connectivity index (χ1n) is 7.34. The van der Waals surface area contributed by atoms with Crippen LogP contribution in [0.4, 0.5) is 4.39 Å². The maximum atomic E-state index is 12.9. The van der Waals surface area contributed by atoms with Crippen molar-refractivity contribution in [2.75, 3.05) is 0 Å². The van der Waals surface area contributed by atoms with Gasteiger partial charge in [-0.3, -0.25) is 4.79 Å². The lowest BCUT2D eigenvalue weighted by Gasteiger charge is -2.20. The highest BCUT2D eigenvalue weighted by atomic mass is 19.1. The molecule has 6 nitrogen and oxygen atoms in total. The first-order chi connectivity index (χ1) is 10.7. The first-order valence-corrected chi connectivity index (χ1v) is 7.34. The van der Waals surface area contributed by atoms with E-state index in [2.05, 4.69) is 20.6 Å². The second-order valence-electron chi connectivity index (χ2n) is 5.75. The standard InChI is InChI=1S/C15H15FN4O2/c16-8-1-3-11(17-6-8)13-7-18-15(22-13)14(21)20-12-5-9-2-4-10(12)19-9/h1,3,6-7,9-10,12,19H,2,4-5H2,(H,20,21)/t9-,10+,12-/m1/s1. The van der Waals surface area contributed by atoms with Crippen molar-refractivity contribution < 1.29 is 13.6 Å². The number of carbonyl (C=O) groups excluding carboxylic acids is 1. The summed E-state index contributed by atoms with van der Waals surface area (Å²) in [4.78, 5) is 20.1. The highest BCUT2D eigenvalue weighted by Crippen LogP contribution is 2.28. The molecule has 4 heterocycles. The van der Waals surface area contributed by atoms with Gasteiger partial charge in [0.2, 0.25) is 0 Å². The zero-order chi connectivity index (χ0) is 15.1. The van der Waals surface area contributed by atoms with E-state index in [1.54, 1.807) is 0 Å². The molecule has 0 aromatic carbocycles. The molecule has 2 aliphatic rings. The van der Waals surface area contributed by atoms with E-state index in [1.807, 2.05) is 0 Å². The van der Waals surface area contributed by atoms with Crippen LogP contribution in [0.1, 0.15) is 29.9 Å². The SMILES string of the molecule is O=C(N[C@@H]1C[C@H]2CC[C@@H]1N2)c1ncc(-c2ccc(F)cn2)o1. The van der Waals surface area contributed by atoms with E-state index in [-0.39, 0.29) is 17.8 Å². The maximum Gasteiger partial charge on any atom is 0.307 e. The van der Waals surface area contributed by atoms with E-state index in [9.17, 15) is 9.18 Å². The number of oxazole rings is 1. The van der Waals surface area contributed by atoms with Gasteiger partial charge in [-0.2, -0.15) is 0 Å². The third kappa shape index (κ3) is 2.37. The summed E-state index contributed by atoms with van der Waals surface area (Å²) >= 11 is 0.